The monoisotopic (exact) mass is 311 g/mol. The summed E-state index contributed by atoms with van der Waals surface area (Å²) in [6.45, 7) is 1.75. The number of nitrogens with zero attached hydrogens (tertiary/aromatic N) is 1. The van der Waals surface area contributed by atoms with Crippen molar-refractivity contribution in [1.82, 2.24) is 5.32 Å². The predicted molar refractivity (Wildman–Crippen MR) is 77.6 cm³/mol. The Bertz CT molecular complexity index is 450. The lowest BCUT2D eigenvalue weighted by molar-refractivity contribution is -0.124. The van der Waals surface area contributed by atoms with Crippen LogP contribution in [0.5, 0.6) is 0 Å². The SMILES string of the molecule is CNC(=O)C1CCCN(c2ccc(N)cc2Br)C1. The summed E-state index contributed by atoms with van der Waals surface area (Å²) in [6, 6.07) is 5.80. The Hall–Kier alpha value is -1.23. The summed E-state index contributed by atoms with van der Waals surface area (Å²) in [4.78, 5) is 14.0. The van der Waals surface area contributed by atoms with Crippen LogP contribution in [0.1, 0.15) is 12.8 Å². The first-order valence-electron chi connectivity index (χ1n) is 6.13. The molecule has 0 radical (unpaired) electrons. The Morgan fingerprint density at radius 2 is 2.33 bits per heavy atom. The summed E-state index contributed by atoms with van der Waals surface area (Å²) in [6.07, 6.45) is 2.00. The number of piperidine rings is 1. The quantitative estimate of drug-likeness (QED) is 0.821. The third-order valence-electron chi connectivity index (χ3n) is 3.35. The van der Waals surface area contributed by atoms with Gasteiger partial charge >= 0.3 is 0 Å². The van der Waals surface area contributed by atoms with E-state index in [1.165, 1.54) is 0 Å². The average molecular weight is 312 g/mol. The minimum Gasteiger partial charge on any atom is -0.399 e. The number of nitrogens with one attached hydrogen (secondary N) is 1. The lowest BCUT2D eigenvalue weighted by atomic mass is 9.96. The van der Waals surface area contributed by atoms with Gasteiger partial charge in [-0.15, -0.1) is 0 Å². The molecule has 98 valence electrons. The van der Waals surface area contributed by atoms with Crippen LogP contribution in [0, 0.1) is 5.92 Å². The molecule has 1 aliphatic heterocycles. The third kappa shape index (κ3) is 2.77. The van der Waals surface area contributed by atoms with Crippen molar-refractivity contribution in [2.75, 3.05) is 30.8 Å². The molecule has 1 atom stereocenters. The Morgan fingerprint density at radius 1 is 1.56 bits per heavy atom. The van der Waals surface area contributed by atoms with E-state index in [-0.39, 0.29) is 11.8 Å². The molecular formula is C13H18BrN3O. The molecule has 1 amide bonds. The second-order valence-corrected chi connectivity index (χ2v) is 5.46. The number of nitrogens with two attached hydrogens (primary N) is 1. The van der Waals surface area contributed by atoms with E-state index < -0.39 is 0 Å². The summed E-state index contributed by atoms with van der Waals surface area (Å²) in [5.41, 5.74) is 7.59. The van der Waals surface area contributed by atoms with Crippen molar-refractivity contribution in [2.24, 2.45) is 5.92 Å². The van der Waals surface area contributed by atoms with Gasteiger partial charge < -0.3 is 16.0 Å². The molecule has 4 nitrogen and oxygen atoms in total. The van der Waals surface area contributed by atoms with Crippen LogP contribution < -0.4 is 16.0 Å². The molecule has 0 saturated carbocycles. The number of carbonyl (C=O) groups excluding carboxylic acids is 1. The molecule has 1 aromatic carbocycles. The molecule has 1 aromatic rings. The first kappa shape index (κ1) is 13.2. The number of benzene rings is 1. The molecule has 2 rings (SSSR count). The molecule has 1 fully saturated rings. The van der Waals surface area contributed by atoms with Crippen molar-refractivity contribution in [3.05, 3.63) is 22.7 Å². The van der Waals surface area contributed by atoms with Gasteiger partial charge in [0.1, 0.15) is 0 Å². The minimum atomic E-state index is 0.0770. The molecule has 0 aliphatic carbocycles. The lowest BCUT2D eigenvalue weighted by Gasteiger charge is -2.34. The van der Waals surface area contributed by atoms with Gasteiger partial charge in [-0.1, -0.05) is 0 Å². The van der Waals surface area contributed by atoms with Crippen LogP contribution in [-0.4, -0.2) is 26.0 Å². The van der Waals surface area contributed by atoms with Crippen molar-refractivity contribution in [3.8, 4) is 0 Å². The number of anilines is 2. The molecular weight excluding hydrogens is 294 g/mol. The van der Waals surface area contributed by atoms with E-state index in [0.29, 0.717) is 0 Å². The molecule has 0 aromatic heterocycles. The maximum absolute atomic E-state index is 11.7. The second kappa shape index (κ2) is 5.61. The van der Waals surface area contributed by atoms with Crippen LogP contribution in [-0.2, 0) is 4.79 Å². The van der Waals surface area contributed by atoms with E-state index in [1.807, 2.05) is 18.2 Å². The van der Waals surface area contributed by atoms with Gasteiger partial charge in [0.25, 0.3) is 0 Å². The van der Waals surface area contributed by atoms with E-state index in [9.17, 15) is 4.79 Å². The van der Waals surface area contributed by atoms with Gasteiger partial charge in [0.2, 0.25) is 5.91 Å². The maximum Gasteiger partial charge on any atom is 0.224 e. The molecule has 3 N–H and O–H groups in total. The largest absolute Gasteiger partial charge is 0.399 e. The predicted octanol–water partition coefficient (Wildman–Crippen LogP) is 1.99. The first-order valence-corrected chi connectivity index (χ1v) is 6.92. The summed E-state index contributed by atoms with van der Waals surface area (Å²) in [7, 11) is 1.69. The van der Waals surface area contributed by atoms with Crippen molar-refractivity contribution >= 4 is 33.2 Å². The van der Waals surface area contributed by atoms with E-state index >= 15 is 0 Å². The van der Waals surface area contributed by atoms with Crippen molar-refractivity contribution in [3.63, 3.8) is 0 Å². The van der Waals surface area contributed by atoms with Crippen LogP contribution in [0.3, 0.4) is 0 Å². The smallest absolute Gasteiger partial charge is 0.224 e. The van der Waals surface area contributed by atoms with Gasteiger partial charge in [-0.2, -0.15) is 0 Å². The van der Waals surface area contributed by atoms with E-state index in [4.69, 9.17) is 5.73 Å². The van der Waals surface area contributed by atoms with Gasteiger partial charge in [0.15, 0.2) is 0 Å². The zero-order chi connectivity index (χ0) is 13.1. The number of hydrogen-bond donors (Lipinski definition) is 2. The van der Waals surface area contributed by atoms with Crippen LogP contribution in [0.2, 0.25) is 0 Å². The Balaban J connectivity index is 2.15. The van der Waals surface area contributed by atoms with Crippen molar-refractivity contribution in [1.29, 1.82) is 0 Å². The fourth-order valence-electron chi connectivity index (χ4n) is 2.39. The van der Waals surface area contributed by atoms with Crippen molar-refractivity contribution < 1.29 is 4.79 Å². The third-order valence-corrected chi connectivity index (χ3v) is 3.99. The molecule has 1 saturated heterocycles. The lowest BCUT2D eigenvalue weighted by Crippen LogP contribution is -2.42. The van der Waals surface area contributed by atoms with Gasteiger partial charge in [0.05, 0.1) is 11.6 Å². The molecule has 18 heavy (non-hydrogen) atoms. The Kier molecular flexibility index (Phi) is 4.11. The standard InChI is InChI=1S/C13H18BrN3O/c1-16-13(18)9-3-2-6-17(8-9)12-5-4-10(15)7-11(12)14/h4-5,7,9H,2-3,6,8,15H2,1H3,(H,16,18). The molecule has 0 spiro atoms. The van der Waals surface area contributed by atoms with E-state index in [0.717, 1.165) is 41.8 Å². The van der Waals surface area contributed by atoms with E-state index in [2.05, 4.69) is 26.1 Å². The molecule has 1 heterocycles. The fraction of sp³-hybridized carbons (Fsp3) is 0.462. The Labute approximate surface area is 116 Å². The Morgan fingerprint density at radius 3 is 3.00 bits per heavy atom. The highest BCUT2D eigenvalue weighted by Gasteiger charge is 2.25. The van der Waals surface area contributed by atoms with Gasteiger partial charge in [-0.25, -0.2) is 0 Å². The molecule has 1 unspecified atom stereocenters. The van der Waals surface area contributed by atoms with Gasteiger partial charge in [-0.05, 0) is 47.0 Å². The molecule has 1 aliphatic rings. The van der Waals surface area contributed by atoms with Crippen LogP contribution in [0.25, 0.3) is 0 Å². The fourth-order valence-corrected chi connectivity index (χ4v) is 3.04. The number of hydrogen-bond acceptors (Lipinski definition) is 3. The van der Waals surface area contributed by atoms with Crippen LogP contribution >= 0.6 is 15.9 Å². The highest BCUT2D eigenvalue weighted by Crippen LogP contribution is 2.31. The number of carbonyl (C=O) groups is 1. The summed E-state index contributed by atoms with van der Waals surface area (Å²) < 4.78 is 0.986. The maximum atomic E-state index is 11.7. The van der Waals surface area contributed by atoms with Crippen LogP contribution in [0.4, 0.5) is 11.4 Å². The second-order valence-electron chi connectivity index (χ2n) is 4.61. The summed E-state index contributed by atoms with van der Waals surface area (Å²) in [5.74, 6) is 0.208. The summed E-state index contributed by atoms with van der Waals surface area (Å²) in [5, 5.41) is 2.73. The van der Waals surface area contributed by atoms with Crippen molar-refractivity contribution in [2.45, 2.75) is 12.8 Å². The minimum absolute atomic E-state index is 0.0770. The average Bonchev–Trinajstić information content (AvgIpc) is 2.38. The topological polar surface area (TPSA) is 58.4 Å². The normalized spacial score (nSPS) is 19.7. The molecule has 5 heteroatoms. The highest BCUT2D eigenvalue weighted by atomic mass is 79.9. The highest BCUT2D eigenvalue weighted by molar-refractivity contribution is 9.10. The zero-order valence-corrected chi connectivity index (χ0v) is 12.0. The van der Waals surface area contributed by atoms with Crippen LogP contribution in [0.15, 0.2) is 22.7 Å². The van der Waals surface area contributed by atoms with Gasteiger partial charge in [-0.3, -0.25) is 4.79 Å². The zero-order valence-electron chi connectivity index (χ0n) is 10.4. The molecule has 0 bridgehead atoms. The summed E-state index contributed by atoms with van der Waals surface area (Å²) >= 11 is 3.53. The number of amides is 1. The van der Waals surface area contributed by atoms with Gasteiger partial charge in [0, 0.05) is 30.3 Å². The number of rotatable bonds is 2. The van der Waals surface area contributed by atoms with E-state index in [1.54, 1.807) is 7.05 Å². The number of halogens is 1. The number of nitrogen functional groups attached to an aromatic ring is 1. The first-order chi connectivity index (χ1) is 8.61.